The van der Waals surface area contributed by atoms with E-state index in [1.165, 1.54) is 12.4 Å². The van der Waals surface area contributed by atoms with Crippen LogP contribution in [0.25, 0.3) is 10.2 Å². The van der Waals surface area contributed by atoms with Crippen LogP contribution in [0, 0.1) is 5.82 Å². The predicted molar refractivity (Wildman–Crippen MR) is 79.0 cm³/mol. The largest absolute Gasteiger partial charge is 0.365 e. The van der Waals surface area contributed by atoms with Gasteiger partial charge in [-0.1, -0.05) is 12.1 Å². The Hall–Kier alpha value is -2.05. The molecular weight excluding hydrogens is 275 g/mol. The van der Waals surface area contributed by atoms with Gasteiger partial charge in [0, 0.05) is 18.7 Å². The van der Waals surface area contributed by atoms with Crippen LogP contribution in [-0.4, -0.2) is 9.97 Å². The molecule has 0 spiro atoms. The van der Waals surface area contributed by atoms with Crippen molar-refractivity contribution in [3.8, 4) is 0 Å². The molecule has 0 saturated heterocycles. The van der Waals surface area contributed by atoms with Crippen molar-refractivity contribution in [1.82, 2.24) is 9.97 Å². The molecule has 20 heavy (non-hydrogen) atoms. The molecule has 0 fully saturated rings. The van der Waals surface area contributed by atoms with Crippen LogP contribution in [0.1, 0.15) is 11.1 Å². The molecule has 6 heteroatoms. The number of nitrogens with two attached hydrogens (primary N) is 1. The molecule has 0 aliphatic carbocycles. The summed E-state index contributed by atoms with van der Waals surface area (Å²) >= 11 is 1.55. The quantitative estimate of drug-likeness (QED) is 0.775. The third kappa shape index (κ3) is 2.48. The van der Waals surface area contributed by atoms with E-state index < -0.39 is 0 Å². The van der Waals surface area contributed by atoms with Crippen molar-refractivity contribution < 1.29 is 4.39 Å². The summed E-state index contributed by atoms with van der Waals surface area (Å²) in [6.45, 7) is 0.713. The summed E-state index contributed by atoms with van der Waals surface area (Å²) in [7, 11) is 0. The summed E-state index contributed by atoms with van der Waals surface area (Å²) in [4.78, 5) is 9.29. The molecule has 0 bridgehead atoms. The highest BCUT2D eigenvalue weighted by Gasteiger charge is 2.07. The molecule has 2 aromatic heterocycles. The van der Waals surface area contributed by atoms with Crippen LogP contribution < -0.4 is 11.1 Å². The number of fused-ring (bicyclic) bond motifs is 1. The smallest absolute Gasteiger partial charge is 0.138 e. The molecule has 3 aromatic rings. The van der Waals surface area contributed by atoms with E-state index in [9.17, 15) is 4.39 Å². The lowest BCUT2D eigenvalue weighted by atomic mass is 10.1. The molecule has 0 amide bonds. The third-order valence-corrected chi connectivity index (χ3v) is 3.88. The second-order valence-electron chi connectivity index (χ2n) is 4.35. The number of anilines is 1. The minimum Gasteiger partial charge on any atom is -0.365 e. The first-order valence-electron chi connectivity index (χ1n) is 6.17. The second-order valence-corrected chi connectivity index (χ2v) is 5.24. The van der Waals surface area contributed by atoms with Gasteiger partial charge < -0.3 is 11.1 Å². The molecule has 4 nitrogen and oxygen atoms in total. The van der Waals surface area contributed by atoms with Gasteiger partial charge in [0.05, 0.1) is 5.39 Å². The molecule has 3 N–H and O–H groups in total. The number of aromatic nitrogens is 2. The number of benzene rings is 1. The molecule has 0 radical (unpaired) electrons. The van der Waals surface area contributed by atoms with E-state index in [1.54, 1.807) is 17.4 Å². The molecule has 0 unspecified atom stereocenters. The molecule has 0 saturated carbocycles. The molecule has 0 aliphatic rings. The van der Waals surface area contributed by atoms with E-state index in [4.69, 9.17) is 5.73 Å². The number of rotatable bonds is 4. The van der Waals surface area contributed by atoms with E-state index in [0.717, 1.165) is 21.6 Å². The van der Waals surface area contributed by atoms with Crippen LogP contribution in [-0.2, 0) is 13.1 Å². The zero-order valence-electron chi connectivity index (χ0n) is 10.6. The van der Waals surface area contributed by atoms with Gasteiger partial charge in [-0.25, -0.2) is 14.4 Å². The predicted octanol–water partition coefficient (Wildman–Crippen LogP) is 2.90. The Bertz CT molecular complexity index is 741. The Labute approximate surface area is 119 Å². The maximum atomic E-state index is 13.9. The van der Waals surface area contributed by atoms with Crippen molar-refractivity contribution in [3.63, 3.8) is 0 Å². The first-order chi connectivity index (χ1) is 9.78. The van der Waals surface area contributed by atoms with Gasteiger partial charge in [-0.05, 0) is 23.1 Å². The lowest BCUT2D eigenvalue weighted by Crippen LogP contribution is -2.05. The van der Waals surface area contributed by atoms with Crippen LogP contribution in [0.15, 0.2) is 36.0 Å². The highest BCUT2D eigenvalue weighted by Crippen LogP contribution is 2.24. The van der Waals surface area contributed by atoms with Crippen LogP contribution in [0.3, 0.4) is 0 Å². The molecule has 102 valence electrons. The molecular formula is C14H13FN4S. The summed E-state index contributed by atoms with van der Waals surface area (Å²) in [6, 6.07) is 7.00. The van der Waals surface area contributed by atoms with Gasteiger partial charge in [-0.3, -0.25) is 0 Å². The van der Waals surface area contributed by atoms with Crippen LogP contribution in [0.5, 0.6) is 0 Å². The summed E-state index contributed by atoms with van der Waals surface area (Å²) in [6.07, 6.45) is 1.51. The normalized spacial score (nSPS) is 10.9. The summed E-state index contributed by atoms with van der Waals surface area (Å²) in [5, 5.41) is 6.07. The van der Waals surface area contributed by atoms with E-state index in [0.29, 0.717) is 18.7 Å². The second kappa shape index (κ2) is 5.52. The number of nitrogens with one attached hydrogen (secondary N) is 1. The van der Waals surface area contributed by atoms with Crippen LogP contribution in [0.4, 0.5) is 10.2 Å². The van der Waals surface area contributed by atoms with Crippen molar-refractivity contribution >= 4 is 27.4 Å². The maximum absolute atomic E-state index is 13.9. The topological polar surface area (TPSA) is 63.8 Å². The van der Waals surface area contributed by atoms with Crippen LogP contribution in [0.2, 0.25) is 0 Å². The molecule has 3 rings (SSSR count). The first kappa shape index (κ1) is 13.0. The van der Waals surface area contributed by atoms with Gasteiger partial charge in [-0.15, -0.1) is 11.3 Å². The first-order valence-corrected chi connectivity index (χ1v) is 7.05. The number of halogens is 1. The van der Waals surface area contributed by atoms with Gasteiger partial charge in [0.25, 0.3) is 0 Å². The van der Waals surface area contributed by atoms with Gasteiger partial charge in [0.2, 0.25) is 0 Å². The fourth-order valence-electron chi connectivity index (χ4n) is 1.97. The SMILES string of the molecule is NCc1ccc(CNc2ncnc3sccc23)c(F)c1. The summed E-state index contributed by atoms with van der Waals surface area (Å²) in [5.74, 6) is 0.467. The number of thiophene rings is 1. The highest BCUT2D eigenvalue weighted by atomic mass is 32.1. The number of nitrogens with zero attached hydrogens (tertiary/aromatic N) is 2. The van der Waals surface area contributed by atoms with Crippen molar-refractivity contribution in [3.05, 3.63) is 52.9 Å². The van der Waals surface area contributed by atoms with E-state index in [1.807, 2.05) is 17.5 Å². The van der Waals surface area contributed by atoms with E-state index >= 15 is 0 Å². The Morgan fingerprint density at radius 3 is 2.95 bits per heavy atom. The zero-order valence-corrected chi connectivity index (χ0v) is 11.5. The van der Waals surface area contributed by atoms with E-state index in [2.05, 4.69) is 15.3 Å². The van der Waals surface area contributed by atoms with Crippen LogP contribution >= 0.6 is 11.3 Å². The van der Waals surface area contributed by atoms with Crippen molar-refractivity contribution in [2.75, 3.05) is 5.32 Å². The molecule has 2 heterocycles. The van der Waals surface area contributed by atoms with Gasteiger partial charge in [0.15, 0.2) is 0 Å². The van der Waals surface area contributed by atoms with E-state index in [-0.39, 0.29) is 5.82 Å². The Balaban J connectivity index is 1.81. The molecule has 0 atom stereocenters. The average molecular weight is 288 g/mol. The number of hydrogen-bond acceptors (Lipinski definition) is 5. The van der Waals surface area contributed by atoms with Crippen molar-refractivity contribution in [2.24, 2.45) is 5.73 Å². The Kier molecular flexibility index (Phi) is 3.58. The monoisotopic (exact) mass is 288 g/mol. The number of hydrogen-bond donors (Lipinski definition) is 2. The summed E-state index contributed by atoms with van der Waals surface area (Å²) in [5.41, 5.74) is 6.86. The average Bonchev–Trinajstić information content (AvgIpc) is 2.95. The maximum Gasteiger partial charge on any atom is 0.138 e. The minimum absolute atomic E-state index is 0.254. The van der Waals surface area contributed by atoms with Crippen molar-refractivity contribution in [2.45, 2.75) is 13.1 Å². The van der Waals surface area contributed by atoms with Gasteiger partial charge >= 0.3 is 0 Å². The standard InChI is InChI=1S/C14H13FN4S/c15-12-5-9(6-16)1-2-10(12)7-17-13-11-3-4-20-14(11)19-8-18-13/h1-5,8H,6-7,16H2,(H,17,18,19). The summed E-state index contributed by atoms with van der Waals surface area (Å²) < 4.78 is 13.9. The van der Waals surface area contributed by atoms with Crippen molar-refractivity contribution in [1.29, 1.82) is 0 Å². The Morgan fingerprint density at radius 2 is 2.15 bits per heavy atom. The highest BCUT2D eigenvalue weighted by molar-refractivity contribution is 7.16. The zero-order chi connectivity index (χ0) is 13.9. The van der Waals surface area contributed by atoms with Gasteiger partial charge in [-0.2, -0.15) is 0 Å². The minimum atomic E-state index is -0.254. The third-order valence-electron chi connectivity index (χ3n) is 3.06. The lowest BCUT2D eigenvalue weighted by Gasteiger charge is -2.08. The fourth-order valence-corrected chi connectivity index (χ4v) is 2.70. The molecule has 0 aliphatic heterocycles. The molecule has 1 aromatic carbocycles. The fraction of sp³-hybridized carbons (Fsp3) is 0.143. The lowest BCUT2D eigenvalue weighted by molar-refractivity contribution is 0.610. The Morgan fingerprint density at radius 1 is 1.25 bits per heavy atom. The van der Waals surface area contributed by atoms with Gasteiger partial charge in [0.1, 0.15) is 22.8 Å².